The summed E-state index contributed by atoms with van der Waals surface area (Å²) in [7, 11) is 0. The first-order chi connectivity index (χ1) is 21.2. The molecule has 0 aliphatic heterocycles. The molecule has 0 bridgehead atoms. The number of aromatic nitrogens is 2. The van der Waals surface area contributed by atoms with E-state index >= 15 is 0 Å². The van der Waals surface area contributed by atoms with Crippen LogP contribution < -0.4 is 0 Å². The molecule has 0 amide bonds. The van der Waals surface area contributed by atoms with Crippen molar-refractivity contribution in [2.45, 2.75) is 6.92 Å². The maximum absolute atomic E-state index is 4.79. The minimum Gasteiger partial charge on any atom is -0.256 e. The van der Waals surface area contributed by atoms with Gasteiger partial charge in [0.15, 0.2) is 0 Å². The van der Waals surface area contributed by atoms with Crippen LogP contribution >= 0.6 is 0 Å². The molecule has 2 aromatic heterocycles. The Morgan fingerprint density at radius 3 is 1.23 bits per heavy atom. The minimum atomic E-state index is 0.984. The Hall–Kier alpha value is -5.60. The van der Waals surface area contributed by atoms with Crippen molar-refractivity contribution < 1.29 is 0 Å². The van der Waals surface area contributed by atoms with E-state index in [2.05, 4.69) is 110 Å². The average molecular weight is 549 g/mol. The molecule has 202 valence electrons. The third-order valence-corrected chi connectivity index (χ3v) is 8.42. The third kappa shape index (κ3) is 4.54. The standard InChI is InChI=1S/C41H28N2/c1-27-12-17-36-37(22-27)39-24-31(33-16-21-41(43-26-33)29-10-6-3-7-11-29)14-19-35(39)34-18-13-30(23-38(34)36)32-15-20-40(42-25-32)28-8-4-2-5-9-28/h2-26H,1H3. The van der Waals surface area contributed by atoms with E-state index in [9.17, 15) is 0 Å². The van der Waals surface area contributed by atoms with E-state index in [1.807, 2.05) is 48.8 Å². The molecule has 0 N–H and O–H groups in total. The zero-order chi connectivity index (χ0) is 28.8. The van der Waals surface area contributed by atoms with Crippen LogP contribution in [0.3, 0.4) is 0 Å². The molecule has 0 aliphatic rings. The highest BCUT2D eigenvalue weighted by molar-refractivity contribution is 6.26. The summed E-state index contributed by atoms with van der Waals surface area (Å²) in [6.45, 7) is 2.17. The molecule has 2 nitrogen and oxygen atoms in total. The zero-order valence-electron chi connectivity index (χ0n) is 23.8. The largest absolute Gasteiger partial charge is 0.256 e. The summed E-state index contributed by atoms with van der Waals surface area (Å²) in [4.78, 5) is 9.57. The van der Waals surface area contributed by atoms with Gasteiger partial charge in [0.1, 0.15) is 0 Å². The molecule has 2 heterocycles. The fourth-order valence-corrected chi connectivity index (χ4v) is 6.17. The summed E-state index contributed by atoms with van der Waals surface area (Å²) in [5, 5.41) is 7.57. The van der Waals surface area contributed by atoms with E-state index in [4.69, 9.17) is 9.97 Å². The predicted octanol–water partition coefficient (Wildman–Crippen LogP) is 10.9. The second-order valence-corrected chi connectivity index (χ2v) is 11.2. The molecule has 0 fully saturated rings. The van der Waals surface area contributed by atoms with E-state index in [-0.39, 0.29) is 0 Å². The zero-order valence-corrected chi connectivity index (χ0v) is 23.8. The van der Waals surface area contributed by atoms with Crippen molar-refractivity contribution in [1.82, 2.24) is 9.97 Å². The lowest BCUT2D eigenvalue weighted by Crippen LogP contribution is -1.89. The van der Waals surface area contributed by atoms with Gasteiger partial charge in [-0.25, -0.2) is 0 Å². The highest BCUT2D eigenvalue weighted by Crippen LogP contribution is 2.39. The molecule has 0 radical (unpaired) electrons. The fraction of sp³-hybridized carbons (Fsp3) is 0.0244. The molecule has 0 aliphatic carbocycles. The van der Waals surface area contributed by atoms with Crippen LogP contribution in [0.5, 0.6) is 0 Å². The normalized spacial score (nSPS) is 11.4. The topological polar surface area (TPSA) is 25.8 Å². The molecule has 0 saturated heterocycles. The fourth-order valence-electron chi connectivity index (χ4n) is 6.17. The molecule has 8 rings (SSSR count). The van der Waals surface area contributed by atoms with Gasteiger partial charge < -0.3 is 0 Å². The van der Waals surface area contributed by atoms with Gasteiger partial charge in [0.2, 0.25) is 0 Å². The monoisotopic (exact) mass is 548 g/mol. The van der Waals surface area contributed by atoms with Crippen molar-refractivity contribution >= 4 is 32.3 Å². The van der Waals surface area contributed by atoms with Crippen LogP contribution in [0.2, 0.25) is 0 Å². The van der Waals surface area contributed by atoms with E-state index < -0.39 is 0 Å². The van der Waals surface area contributed by atoms with E-state index in [0.717, 1.165) is 33.6 Å². The smallest absolute Gasteiger partial charge is 0.0702 e. The van der Waals surface area contributed by atoms with Crippen molar-refractivity contribution in [3.05, 3.63) is 157 Å². The van der Waals surface area contributed by atoms with E-state index in [1.165, 1.54) is 49.0 Å². The highest BCUT2D eigenvalue weighted by atomic mass is 14.7. The first-order valence-electron chi connectivity index (χ1n) is 14.6. The Kier molecular flexibility index (Phi) is 6.05. The number of pyridine rings is 2. The van der Waals surface area contributed by atoms with E-state index in [0.29, 0.717) is 0 Å². The minimum absolute atomic E-state index is 0.984. The average Bonchev–Trinajstić information content (AvgIpc) is 3.09. The summed E-state index contributed by atoms with van der Waals surface area (Å²) in [6.07, 6.45) is 3.97. The molecular formula is C41H28N2. The van der Waals surface area contributed by atoms with Crippen LogP contribution in [-0.2, 0) is 0 Å². The van der Waals surface area contributed by atoms with Gasteiger partial charge in [0.05, 0.1) is 11.4 Å². The maximum Gasteiger partial charge on any atom is 0.0702 e. The van der Waals surface area contributed by atoms with Gasteiger partial charge in [-0.15, -0.1) is 0 Å². The van der Waals surface area contributed by atoms with Crippen molar-refractivity contribution in [2.24, 2.45) is 0 Å². The van der Waals surface area contributed by atoms with Gasteiger partial charge in [0.25, 0.3) is 0 Å². The van der Waals surface area contributed by atoms with Gasteiger partial charge in [-0.1, -0.05) is 121 Å². The Bertz CT molecular complexity index is 2250. The number of hydrogen-bond donors (Lipinski definition) is 0. The molecule has 2 heteroatoms. The van der Waals surface area contributed by atoms with Crippen molar-refractivity contribution in [3.8, 4) is 44.8 Å². The third-order valence-electron chi connectivity index (χ3n) is 8.42. The van der Waals surface area contributed by atoms with Crippen LogP contribution in [0.25, 0.3) is 77.1 Å². The molecule has 0 spiro atoms. The van der Waals surface area contributed by atoms with Crippen molar-refractivity contribution in [2.75, 3.05) is 0 Å². The van der Waals surface area contributed by atoms with Gasteiger partial charge in [-0.3, -0.25) is 9.97 Å². The van der Waals surface area contributed by atoms with Crippen LogP contribution in [-0.4, -0.2) is 9.97 Å². The lowest BCUT2D eigenvalue weighted by atomic mass is 9.90. The lowest BCUT2D eigenvalue weighted by molar-refractivity contribution is 1.33. The molecule has 0 atom stereocenters. The van der Waals surface area contributed by atoms with Crippen LogP contribution in [0.4, 0.5) is 0 Å². The Morgan fingerprint density at radius 2 is 0.744 bits per heavy atom. The van der Waals surface area contributed by atoms with Crippen molar-refractivity contribution in [3.63, 3.8) is 0 Å². The van der Waals surface area contributed by atoms with Gasteiger partial charge in [0, 0.05) is 34.6 Å². The summed E-state index contributed by atoms with van der Waals surface area (Å²) < 4.78 is 0. The Morgan fingerprint density at radius 1 is 0.326 bits per heavy atom. The Labute approximate surface area is 251 Å². The Balaban J connectivity index is 1.24. The molecule has 8 aromatic rings. The maximum atomic E-state index is 4.79. The molecule has 43 heavy (non-hydrogen) atoms. The van der Waals surface area contributed by atoms with Crippen LogP contribution in [0.1, 0.15) is 5.56 Å². The summed E-state index contributed by atoms with van der Waals surface area (Å²) in [6, 6.07) is 49.7. The number of hydrogen-bond acceptors (Lipinski definition) is 2. The summed E-state index contributed by atoms with van der Waals surface area (Å²) >= 11 is 0. The second kappa shape index (κ2) is 10.3. The number of aryl methyl sites for hydroxylation is 1. The van der Waals surface area contributed by atoms with Crippen molar-refractivity contribution in [1.29, 1.82) is 0 Å². The van der Waals surface area contributed by atoms with Gasteiger partial charge in [-0.05, 0) is 74.6 Å². The quantitative estimate of drug-likeness (QED) is 0.204. The number of rotatable bonds is 4. The molecule has 6 aromatic carbocycles. The first kappa shape index (κ1) is 25.1. The molecule has 0 saturated carbocycles. The number of fused-ring (bicyclic) bond motifs is 6. The second-order valence-electron chi connectivity index (χ2n) is 11.2. The highest BCUT2D eigenvalue weighted by Gasteiger charge is 2.12. The van der Waals surface area contributed by atoms with Gasteiger partial charge >= 0.3 is 0 Å². The number of nitrogens with zero attached hydrogens (tertiary/aromatic N) is 2. The SMILES string of the molecule is Cc1ccc2c(c1)c1cc(-c3ccc(-c4ccccc4)nc3)ccc1c1ccc(-c3ccc(-c4ccccc4)nc3)cc12. The van der Waals surface area contributed by atoms with Crippen LogP contribution in [0.15, 0.2) is 152 Å². The molecule has 0 unspecified atom stereocenters. The summed E-state index contributed by atoms with van der Waals surface area (Å²) in [5.74, 6) is 0. The van der Waals surface area contributed by atoms with Crippen LogP contribution in [0, 0.1) is 6.92 Å². The van der Waals surface area contributed by atoms with E-state index in [1.54, 1.807) is 0 Å². The lowest BCUT2D eigenvalue weighted by Gasteiger charge is -2.14. The predicted molar refractivity (Wildman–Crippen MR) is 181 cm³/mol. The summed E-state index contributed by atoms with van der Waals surface area (Å²) in [5.41, 5.74) is 10.0. The molecular weight excluding hydrogens is 520 g/mol. The number of benzene rings is 6. The van der Waals surface area contributed by atoms with Gasteiger partial charge in [-0.2, -0.15) is 0 Å². The first-order valence-corrected chi connectivity index (χ1v) is 14.6.